The predicted molar refractivity (Wildman–Crippen MR) is 149 cm³/mol. The number of H-pyrrole nitrogens is 1. The van der Waals surface area contributed by atoms with E-state index in [9.17, 15) is 13.6 Å². The Labute approximate surface area is 227 Å². The third kappa shape index (κ3) is 5.41. The molecule has 0 bridgehead atoms. The first kappa shape index (κ1) is 25.2. The largest absolute Gasteiger partial charge is 0.375 e. The molecule has 1 aliphatic heterocycles. The van der Waals surface area contributed by atoms with Crippen molar-refractivity contribution in [2.45, 2.75) is 43.9 Å². The summed E-state index contributed by atoms with van der Waals surface area (Å²) in [6.07, 6.45) is 6.87. The Bertz CT molecular complexity index is 1580. The van der Waals surface area contributed by atoms with Crippen LogP contribution in [0.5, 0.6) is 0 Å². The molecule has 11 heteroatoms. The van der Waals surface area contributed by atoms with E-state index >= 15 is 0 Å². The van der Waals surface area contributed by atoms with Crippen LogP contribution in [-0.4, -0.2) is 40.0 Å². The number of nitrogens with zero attached hydrogens (tertiary/aromatic N) is 2. The smallest absolute Gasteiger partial charge is 0.271 e. The zero-order valence-corrected chi connectivity index (χ0v) is 21.7. The van der Waals surface area contributed by atoms with Gasteiger partial charge in [0, 0.05) is 40.7 Å². The van der Waals surface area contributed by atoms with E-state index < -0.39 is 11.6 Å². The number of aliphatic imine (C=N–C) groups is 1. The lowest BCUT2D eigenvalue weighted by molar-refractivity contribution is 0.0918. The van der Waals surface area contributed by atoms with E-state index in [1.165, 1.54) is 17.4 Å². The second kappa shape index (κ2) is 10.6. The Balaban J connectivity index is 1.23. The van der Waals surface area contributed by atoms with Crippen LogP contribution in [0.4, 0.5) is 13.9 Å². The van der Waals surface area contributed by atoms with Crippen LogP contribution in [-0.2, 0) is 0 Å². The number of aromatic nitrogens is 2. The number of nitrogen functional groups attached to an aromatic ring is 1. The number of hydrogen-bond acceptors (Lipinski definition) is 7. The number of amides is 1. The predicted octanol–water partition coefficient (Wildman–Crippen LogP) is 4.53. The molecule has 1 amide bonds. The number of thiazole rings is 1. The molecule has 200 valence electrons. The maximum atomic E-state index is 14.4. The second-order valence-electron chi connectivity index (χ2n) is 9.78. The molecule has 39 heavy (non-hydrogen) atoms. The maximum Gasteiger partial charge on any atom is 0.271 e. The molecule has 4 aromatic rings. The van der Waals surface area contributed by atoms with Crippen molar-refractivity contribution in [2.75, 3.05) is 5.73 Å². The van der Waals surface area contributed by atoms with Crippen LogP contribution in [0.3, 0.4) is 0 Å². The Morgan fingerprint density at radius 1 is 1.13 bits per heavy atom. The van der Waals surface area contributed by atoms with Crippen LogP contribution < -0.4 is 21.7 Å². The lowest BCUT2D eigenvalue weighted by atomic mass is 9.90. The lowest BCUT2D eigenvalue weighted by Gasteiger charge is -2.34. The molecular formula is C28H27F2N7OS. The van der Waals surface area contributed by atoms with Crippen LogP contribution >= 0.6 is 11.3 Å². The number of amidine groups is 1. The van der Waals surface area contributed by atoms with Gasteiger partial charge in [0.25, 0.3) is 5.91 Å². The van der Waals surface area contributed by atoms with Crippen LogP contribution in [0.2, 0.25) is 0 Å². The topological polar surface area (TPSA) is 120 Å². The van der Waals surface area contributed by atoms with E-state index in [2.05, 4.69) is 25.9 Å². The molecule has 2 aliphatic rings. The number of rotatable bonds is 6. The highest BCUT2D eigenvalue weighted by Crippen LogP contribution is 2.27. The van der Waals surface area contributed by atoms with Gasteiger partial charge in [-0.1, -0.05) is 30.3 Å². The molecule has 2 aromatic heterocycles. The van der Waals surface area contributed by atoms with Crippen LogP contribution in [0.15, 0.2) is 65.1 Å². The van der Waals surface area contributed by atoms with Gasteiger partial charge in [0.2, 0.25) is 0 Å². The molecule has 1 aliphatic carbocycles. The van der Waals surface area contributed by atoms with Gasteiger partial charge in [-0.3, -0.25) is 10.1 Å². The third-order valence-electron chi connectivity index (χ3n) is 7.06. The molecule has 8 nitrogen and oxygen atoms in total. The number of carbonyl (C=O) groups is 1. The summed E-state index contributed by atoms with van der Waals surface area (Å²) in [5.74, 6) is -1.02. The quantitative estimate of drug-likeness (QED) is 0.243. The van der Waals surface area contributed by atoms with E-state index in [1.54, 1.807) is 11.6 Å². The second-order valence-corrected chi connectivity index (χ2v) is 10.7. The zero-order chi connectivity index (χ0) is 26.9. The summed E-state index contributed by atoms with van der Waals surface area (Å²) in [6, 6.07) is 12.1. The molecular weight excluding hydrogens is 520 g/mol. The van der Waals surface area contributed by atoms with Gasteiger partial charge >= 0.3 is 0 Å². The monoisotopic (exact) mass is 547 g/mol. The minimum atomic E-state index is -0.656. The number of nitrogens with one attached hydrogen (secondary N) is 4. The van der Waals surface area contributed by atoms with Crippen molar-refractivity contribution < 1.29 is 13.6 Å². The summed E-state index contributed by atoms with van der Waals surface area (Å²) in [6.45, 7) is 0. The number of benzene rings is 2. The fourth-order valence-electron chi connectivity index (χ4n) is 5.26. The average molecular weight is 548 g/mol. The normalized spacial score (nSPS) is 21.2. The molecule has 3 atom stereocenters. The molecule has 1 saturated carbocycles. The Morgan fingerprint density at radius 3 is 2.74 bits per heavy atom. The molecule has 0 radical (unpaired) electrons. The van der Waals surface area contributed by atoms with E-state index in [-0.39, 0.29) is 29.7 Å². The number of halogens is 2. The van der Waals surface area contributed by atoms with E-state index in [1.807, 2.05) is 36.4 Å². The summed E-state index contributed by atoms with van der Waals surface area (Å²) >= 11 is 1.24. The molecule has 6 N–H and O–H groups in total. The Morgan fingerprint density at radius 2 is 1.95 bits per heavy atom. The lowest BCUT2D eigenvalue weighted by Crippen LogP contribution is -2.53. The molecule has 6 rings (SSSR count). The summed E-state index contributed by atoms with van der Waals surface area (Å²) in [7, 11) is 0. The minimum absolute atomic E-state index is 0.000503. The van der Waals surface area contributed by atoms with E-state index in [0.717, 1.165) is 43.0 Å². The van der Waals surface area contributed by atoms with Crippen LogP contribution in [0.1, 0.15) is 47.3 Å². The van der Waals surface area contributed by atoms with Crippen molar-refractivity contribution >= 4 is 44.8 Å². The van der Waals surface area contributed by atoms with Crippen LogP contribution in [0.25, 0.3) is 16.6 Å². The van der Waals surface area contributed by atoms with Crippen molar-refractivity contribution in [3.8, 4) is 0 Å². The summed E-state index contributed by atoms with van der Waals surface area (Å²) in [5.41, 5.74) is 8.49. The highest BCUT2D eigenvalue weighted by molar-refractivity contribution is 7.13. The van der Waals surface area contributed by atoms with Gasteiger partial charge in [-0.25, -0.2) is 18.8 Å². The summed E-state index contributed by atoms with van der Waals surface area (Å²) in [5, 5.41) is 12.6. The van der Waals surface area contributed by atoms with Crippen molar-refractivity contribution in [2.24, 2.45) is 4.99 Å². The maximum absolute atomic E-state index is 14.4. The molecule has 3 unspecified atom stereocenters. The van der Waals surface area contributed by atoms with Gasteiger partial charge in [-0.05, 0) is 43.4 Å². The van der Waals surface area contributed by atoms with Gasteiger partial charge in [0.1, 0.15) is 23.2 Å². The minimum Gasteiger partial charge on any atom is -0.375 e. The summed E-state index contributed by atoms with van der Waals surface area (Å²) in [4.78, 5) is 24.4. The first-order valence-electron chi connectivity index (χ1n) is 12.8. The first-order chi connectivity index (χ1) is 18.9. The average Bonchev–Trinajstić information content (AvgIpc) is 3.56. The number of nitrogens with two attached hydrogens (primary N) is 1. The standard InChI is InChI=1S/C28H27F2N7OS/c29-16-9-19-20(13-32-25(19)21(30)10-16)26-35-22(15-5-2-1-3-6-15)12-24(37-26)33-17-7-4-8-18(11-17)34-27(38)23-14-39-28(31)36-23/h1-3,5-6,9-10,12-14,17-18,24,32-33H,4,7-8,11H2,(H2,31,36)(H,34,38)(H,35,37). The van der Waals surface area contributed by atoms with Gasteiger partial charge in [0.15, 0.2) is 5.13 Å². The van der Waals surface area contributed by atoms with Gasteiger partial charge in [-0.15, -0.1) is 11.3 Å². The van der Waals surface area contributed by atoms with Crippen LogP contribution in [0, 0.1) is 11.6 Å². The first-order valence-corrected chi connectivity index (χ1v) is 13.7. The Kier molecular flexibility index (Phi) is 6.84. The summed E-state index contributed by atoms with van der Waals surface area (Å²) < 4.78 is 28.5. The SMILES string of the molecule is Nc1nc(C(=O)NC2CCCC(NC3C=C(c4ccccc4)N=C(c4c[nH]c5c(F)cc(F)cc45)N3)C2)cs1. The van der Waals surface area contributed by atoms with Gasteiger partial charge < -0.3 is 21.4 Å². The number of hydrogen-bond donors (Lipinski definition) is 5. The molecule has 0 spiro atoms. The third-order valence-corrected chi connectivity index (χ3v) is 7.73. The molecule has 2 aromatic carbocycles. The van der Waals surface area contributed by atoms with Gasteiger partial charge in [-0.2, -0.15) is 0 Å². The van der Waals surface area contributed by atoms with Crippen molar-refractivity contribution in [3.63, 3.8) is 0 Å². The van der Waals surface area contributed by atoms with Crippen molar-refractivity contribution in [3.05, 3.63) is 88.6 Å². The van der Waals surface area contributed by atoms with Crippen molar-refractivity contribution in [1.82, 2.24) is 25.9 Å². The van der Waals surface area contributed by atoms with E-state index in [4.69, 9.17) is 10.7 Å². The number of fused-ring (bicyclic) bond motifs is 1. The molecule has 0 saturated heterocycles. The Hall–Kier alpha value is -4.09. The zero-order valence-electron chi connectivity index (χ0n) is 20.9. The number of aromatic amines is 1. The molecule has 3 heterocycles. The fourth-order valence-corrected chi connectivity index (χ4v) is 5.81. The molecule has 1 fully saturated rings. The fraction of sp³-hybridized carbons (Fsp3) is 0.250. The van der Waals surface area contributed by atoms with Crippen molar-refractivity contribution in [1.29, 1.82) is 0 Å². The highest BCUT2D eigenvalue weighted by atomic mass is 32.1. The van der Waals surface area contributed by atoms with Gasteiger partial charge in [0.05, 0.1) is 17.4 Å². The number of carbonyl (C=O) groups excluding carboxylic acids is 1. The van der Waals surface area contributed by atoms with E-state index in [0.29, 0.717) is 27.6 Å². The number of anilines is 1. The highest BCUT2D eigenvalue weighted by Gasteiger charge is 2.28.